The zero-order valence-corrected chi connectivity index (χ0v) is 17.4. The predicted molar refractivity (Wildman–Crippen MR) is 114 cm³/mol. The maximum atomic E-state index is 13.4. The van der Waals surface area contributed by atoms with E-state index in [1.54, 1.807) is 42.4 Å². The van der Waals surface area contributed by atoms with Crippen LogP contribution in [0.2, 0.25) is 0 Å². The molecule has 2 aliphatic rings. The number of benzene rings is 2. The van der Waals surface area contributed by atoms with Crippen LogP contribution in [-0.2, 0) is 14.3 Å². The molecule has 1 amide bonds. The molecule has 1 unspecified atom stereocenters. The number of methoxy groups -OCH3 is 1. The van der Waals surface area contributed by atoms with Crippen LogP contribution in [0.4, 0.5) is 5.69 Å². The SMILES string of the molecule is C=C[C@@H](c1ccccc1)[C@@]1(O)C(=O)N(c2ccc(OC)cc2)[C@@H]1C1COC(C)(C)O1. The van der Waals surface area contributed by atoms with Crippen molar-refractivity contribution in [2.24, 2.45) is 0 Å². The van der Waals surface area contributed by atoms with Gasteiger partial charge in [-0.05, 0) is 43.7 Å². The molecule has 2 heterocycles. The lowest BCUT2D eigenvalue weighted by Crippen LogP contribution is -2.80. The smallest absolute Gasteiger partial charge is 0.262 e. The van der Waals surface area contributed by atoms with Crippen LogP contribution in [0.25, 0.3) is 0 Å². The third-order valence-corrected chi connectivity index (χ3v) is 5.89. The number of carbonyl (C=O) groups excluding carboxylic acids is 1. The van der Waals surface area contributed by atoms with Crippen molar-refractivity contribution in [3.63, 3.8) is 0 Å². The number of β-lactam (4-membered cyclic amide) rings is 1. The summed E-state index contributed by atoms with van der Waals surface area (Å²) in [6, 6.07) is 16.0. The molecule has 4 rings (SSSR count). The average Bonchev–Trinajstić information content (AvgIpc) is 3.11. The van der Waals surface area contributed by atoms with E-state index in [2.05, 4.69) is 6.58 Å². The molecule has 0 aromatic heterocycles. The fourth-order valence-corrected chi connectivity index (χ4v) is 4.47. The van der Waals surface area contributed by atoms with Gasteiger partial charge in [0.15, 0.2) is 11.4 Å². The Labute approximate surface area is 176 Å². The Balaban J connectivity index is 1.75. The molecule has 0 spiro atoms. The summed E-state index contributed by atoms with van der Waals surface area (Å²) in [6.45, 7) is 7.84. The fourth-order valence-electron chi connectivity index (χ4n) is 4.47. The van der Waals surface area contributed by atoms with Crippen LogP contribution in [-0.4, -0.2) is 48.3 Å². The number of ether oxygens (including phenoxy) is 3. The molecule has 2 fully saturated rings. The van der Waals surface area contributed by atoms with E-state index >= 15 is 0 Å². The first kappa shape index (κ1) is 20.6. The van der Waals surface area contributed by atoms with Gasteiger partial charge in [-0.15, -0.1) is 6.58 Å². The third-order valence-electron chi connectivity index (χ3n) is 5.89. The molecule has 2 aliphatic heterocycles. The molecule has 1 N–H and O–H groups in total. The van der Waals surface area contributed by atoms with E-state index in [-0.39, 0.29) is 12.5 Å². The number of rotatable bonds is 6. The summed E-state index contributed by atoms with van der Waals surface area (Å²) < 4.78 is 17.1. The Kier molecular flexibility index (Phi) is 5.18. The first-order valence-corrected chi connectivity index (χ1v) is 10.0. The van der Waals surface area contributed by atoms with Crippen LogP contribution >= 0.6 is 0 Å². The van der Waals surface area contributed by atoms with Crippen molar-refractivity contribution < 1.29 is 24.1 Å². The van der Waals surface area contributed by atoms with E-state index in [1.165, 1.54) is 0 Å². The molecule has 6 nitrogen and oxygen atoms in total. The highest BCUT2D eigenvalue weighted by Gasteiger charge is 2.67. The molecule has 2 saturated heterocycles. The van der Waals surface area contributed by atoms with Crippen molar-refractivity contribution in [1.82, 2.24) is 0 Å². The van der Waals surface area contributed by atoms with Crippen LogP contribution in [0.15, 0.2) is 67.3 Å². The van der Waals surface area contributed by atoms with Crippen LogP contribution in [0, 0.1) is 0 Å². The highest BCUT2D eigenvalue weighted by Crippen LogP contribution is 2.48. The van der Waals surface area contributed by atoms with E-state index in [1.807, 2.05) is 44.2 Å². The Morgan fingerprint density at radius 1 is 1.20 bits per heavy atom. The average molecular weight is 409 g/mol. The number of nitrogens with zero attached hydrogens (tertiary/aromatic N) is 1. The Morgan fingerprint density at radius 3 is 2.40 bits per heavy atom. The highest BCUT2D eigenvalue weighted by molar-refractivity contribution is 6.09. The topological polar surface area (TPSA) is 68.2 Å². The van der Waals surface area contributed by atoms with Crippen LogP contribution in [0.1, 0.15) is 25.3 Å². The van der Waals surface area contributed by atoms with E-state index in [4.69, 9.17) is 14.2 Å². The fraction of sp³-hybridized carbons (Fsp3) is 0.375. The molecule has 158 valence electrons. The molecule has 4 atom stereocenters. The lowest BCUT2D eigenvalue weighted by atomic mass is 9.67. The monoisotopic (exact) mass is 409 g/mol. The van der Waals surface area contributed by atoms with Crippen molar-refractivity contribution in [3.05, 3.63) is 72.8 Å². The van der Waals surface area contributed by atoms with Crippen molar-refractivity contribution in [2.75, 3.05) is 18.6 Å². The Morgan fingerprint density at radius 2 is 1.87 bits per heavy atom. The number of hydrogen-bond acceptors (Lipinski definition) is 5. The van der Waals surface area contributed by atoms with Crippen molar-refractivity contribution in [1.29, 1.82) is 0 Å². The van der Waals surface area contributed by atoms with Gasteiger partial charge in [-0.3, -0.25) is 4.79 Å². The molecule has 2 aromatic rings. The minimum Gasteiger partial charge on any atom is -0.497 e. The molecular formula is C24H27NO5. The largest absolute Gasteiger partial charge is 0.497 e. The molecule has 0 aliphatic carbocycles. The summed E-state index contributed by atoms with van der Waals surface area (Å²) in [4.78, 5) is 15.0. The van der Waals surface area contributed by atoms with Crippen LogP contribution in [0.5, 0.6) is 5.75 Å². The first-order valence-electron chi connectivity index (χ1n) is 10.0. The summed E-state index contributed by atoms with van der Waals surface area (Å²) in [6.07, 6.45) is 1.14. The zero-order valence-electron chi connectivity index (χ0n) is 17.4. The van der Waals surface area contributed by atoms with Gasteiger partial charge in [-0.2, -0.15) is 0 Å². The van der Waals surface area contributed by atoms with E-state index in [0.29, 0.717) is 11.4 Å². The van der Waals surface area contributed by atoms with Crippen molar-refractivity contribution >= 4 is 11.6 Å². The number of anilines is 1. The molecule has 0 saturated carbocycles. The van der Waals surface area contributed by atoms with Gasteiger partial charge in [0.25, 0.3) is 5.91 Å². The standard InChI is InChI=1S/C24H27NO5/c1-5-19(16-9-7-6-8-10-16)24(27)21(20-15-29-23(2,3)30-20)25(22(24)26)17-11-13-18(28-4)14-12-17/h5-14,19-21,27H,1,15H2,2-4H3/t19-,20?,21+,24-/m0/s1. The number of amides is 1. The number of aliphatic hydroxyl groups is 1. The number of hydrogen-bond donors (Lipinski definition) is 1. The van der Waals surface area contributed by atoms with Crippen LogP contribution < -0.4 is 9.64 Å². The van der Waals surface area contributed by atoms with Gasteiger partial charge in [-0.25, -0.2) is 0 Å². The summed E-state index contributed by atoms with van der Waals surface area (Å²) in [5.41, 5.74) is -0.210. The minimum absolute atomic E-state index is 0.276. The molecule has 6 heteroatoms. The second-order valence-corrected chi connectivity index (χ2v) is 8.13. The molecule has 30 heavy (non-hydrogen) atoms. The quantitative estimate of drug-likeness (QED) is 0.586. The maximum Gasteiger partial charge on any atom is 0.262 e. The summed E-state index contributed by atoms with van der Waals surface area (Å²) in [5.74, 6) is -1.07. The summed E-state index contributed by atoms with van der Waals surface area (Å²) >= 11 is 0. The van der Waals surface area contributed by atoms with E-state index in [0.717, 1.165) is 5.56 Å². The second kappa shape index (κ2) is 7.54. The normalized spacial score (nSPS) is 28.7. The summed E-state index contributed by atoms with van der Waals surface area (Å²) in [5, 5.41) is 11.8. The Hall–Kier alpha value is -2.67. The highest BCUT2D eigenvalue weighted by atomic mass is 16.7. The zero-order chi connectivity index (χ0) is 21.5. The third kappa shape index (κ3) is 3.21. The van der Waals surface area contributed by atoms with Gasteiger partial charge in [-0.1, -0.05) is 36.4 Å². The maximum absolute atomic E-state index is 13.4. The lowest BCUT2D eigenvalue weighted by Gasteiger charge is -2.57. The predicted octanol–water partition coefficient (Wildman–Crippen LogP) is 3.26. The lowest BCUT2D eigenvalue weighted by molar-refractivity contribution is -0.176. The van der Waals surface area contributed by atoms with E-state index < -0.39 is 29.5 Å². The van der Waals surface area contributed by atoms with Crippen LogP contribution in [0.3, 0.4) is 0 Å². The molecule has 0 bridgehead atoms. The molecule has 2 aromatic carbocycles. The van der Waals surface area contributed by atoms with Crippen molar-refractivity contribution in [2.45, 2.75) is 43.3 Å². The number of carbonyl (C=O) groups is 1. The van der Waals surface area contributed by atoms with Gasteiger partial charge in [0.2, 0.25) is 0 Å². The van der Waals surface area contributed by atoms with Gasteiger partial charge in [0.1, 0.15) is 17.9 Å². The van der Waals surface area contributed by atoms with Gasteiger partial charge >= 0.3 is 0 Å². The Bertz CT molecular complexity index is 926. The summed E-state index contributed by atoms with van der Waals surface area (Å²) in [7, 11) is 1.59. The van der Waals surface area contributed by atoms with Gasteiger partial charge in [0, 0.05) is 11.6 Å². The van der Waals surface area contributed by atoms with Crippen molar-refractivity contribution in [3.8, 4) is 5.75 Å². The van der Waals surface area contributed by atoms with Gasteiger partial charge < -0.3 is 24.2 Å². The molecular weight excluding hydrogens is 382 g/mol. The first-order chi connectivity index (χ1) is 14.3. The second-order valence-electron chi connectivity index (χ2n) is 8.13. The molecule has 0 radical (unpaired) electrons. The minimum atomic E-state index is -1.70. The van der Waals surface area contributed by atoms with Gasteiger partial charge in [0.05, 0.1) is 13.7 Å². The van der Waals surface area contributed by atoms with E-state index in [9.17, 15) is 9.90 Å².